The molecule has 9 nitrogen and oxygen atoms in total. The van der Waals surface area contributed by atoms with Gasteiger partial charge in [0.15, 0.2) is 0 Å². The van der Waals surface area contributed by atoms with E-state index < -0.39 is 0 Å². The molecule has 2 aromatic heterocycles. The van der Waals surface area contributed by atoms with Crippen molar-refractivity contribution in [1.29, 1.82) is 5.26 Å². The van der Waals surface area contributed by atoms with Crippen LogP contribution in [0.4, 0.5) is 17.1 Å². The van der Waals surface area contributed by atoms with Crippen molar-refractivity contribution in [2.75, 3.05) is 36.9 Å². The molecule has 1 aliphatic rings. The number of likely N-dealkylation sites (tertiary alicyclic amines) is 1. The van der Waals surface area contributed by atoms with Gasteiger partial charge in [-0.05, 0) is 62.7 Å². The summed E-state index contributed by atoms with van der Waals surface area (Å²) in [4.78, 5) is 24.2. The number of piperidine rings is 1. The van der Waals surface area contributed by atoms with Crippen LogP contribution in [-0.4, -0.2) is 47.0 Å². The molecule has 0 aliphatic carbocycles. The Morgan fingerprint density at radius 1 is 1.09 bits per heavy atom. The average molecular weight is 597 g/mol. The number of aromatic nitrogens is 2. The van der Waals surface area contributed by atoms with Crippen molar-refractivity contribution in [3.63, 3.8) is 0 Å². The van der Waals surface area contributed by atoms with E-state index in [0.717, 1.165) is 43.7 Å². The Hall–Kier alpha value is -4.65. The first kappa shape index (κ1) is 29.8. The second-order valence-electron chi connectivity index (χ2n) is 10.1. The van der Waals surface area contributed by atoms with E-state index in [1.807, 2.05) is 31.2 Å². The number of rotatable bonds is 10. The van der Waals surface area contributed by atoms with Gasteiger partial charge in [0.25, 0.3) is 0 Å². The number of nitrogens with zero attached hydrogens (tertiary/aromatic N) is 4. The first-order valence-corrected chi connectivity index (χ1v) is 14.7. The van der Waals surface area contributed by atoms with E-state index >= 15 is 0 Å². The number of hydrogen-bond donors (Lipinski definition) is 2. The normalized spacial score (nSPS) is 13.3. The molecule has 0 spiro atoms. The van der Waals surface area contributed by atoms with Crippen molar-refractivity contribution >= 4 is 45.5 Å². The molecule has 0 bridgehead atoms. The van der Waals surface area contributed by atoms with Gasteiger partial charge < -0.3 is 25.0 Å². The lowest BCUT2D eigenvalue weighted by Gasteiger charge is -2.26. The standard InChI is InChI=1S/C33H33ClN6O3/c1-3-40-13-10-22(11-14-40)15-32(41)39-29-17-26-28(18-31(29)42-4-2)37-20-23(19-35)33(26)38-24-8-9-30(27(34)16-24)43-21-25-7-5-6-12-36-25/h5-9,12,15-18,20H,3-4,10-11,13-14,21H2,1-2H3,(H,37,38)(H,39,41). The molecule has 3 heterocycles. The number of anilines is 3. The molecule has 1 saturated heterocycles. The molecule has 43 heavy (non-hydrogen) atoms. The quantitative estimate of drug-likeness (QED) is 0.191. The Kier molecular flexibility index (Phi) is 9.72. The molecule has 1 amide bonds. The Balaban J connectivity index is 1.42. The van der Waals surface area contributed by atoms with E-state index in [1.165, 1.54) is 6.20 Å². The lowest BCUT2D eigenvalue weighted by Crippen LogP contribution is -2.30. The first-order valence-electron chi connectivity index (χ1n) is 14.3. The fourth-order valence-corrected chi connectivity index (χ4v) is 5.18. The van der Waals surface area contributed by atoms with Crippen molar-refractivity contribution in [3.8, 4) is 17.6 Å². The molecule has 1 aliphatic heterocycles. The number of carbonyl (C=O) groups excluding carboxylic acids is 1. The number of fused-ring (bicyclic) bond motifs is 1. The molecule has 5 rings (SSSR count). The summed E-state index contributed by atoms with van der Waals surface area (Å²) in [6.45, 7) is 7.65. The summed E-state index contributed by atoms with van der Waals surface area (Å²) >= 11 is 6.55. The maximum Gasteiger partial charge on any atom is 0.248 e. The molecule has 220 valence electrons. The van der Waals surface area contributed by atoms with E-state index in [9.17, 15) is 10.1 Å². The summed E-state index contributed by atoms with van der Waals surface area (Å²) < 4.78 is 11.7. The topological polar surface area (TPSA) is 112 Å². The molecule has 4 aromatic rings. The molecule has 1 fully saturated rings. The van der Waals surface area contributed by atoms with Gasteiger partial charge >= 0.3 is 0 Å². The minimum Gasteiger partial charge on any atom is -0.492 e. The second-order valence-corrected chi connectivity index (χ2v) is 10.5. The average Bonchev–Trinajstić information content (AvgIpc) is 3.02. The van der Waals surface area contributed by atoms with Gasteiger partial charge in [-0.1, -0.05) is 30.2 Å². The minimum atomic E-state index is -0.216. The van der Waals surface area contributed by atoms with E-state index in [-0.39, 0.29) is 12.5 Å². The second kappa shape index (κ2) is 14.0. The van der Waals surface area contributed by atoms with Gasteiger partial charge in [0.2, 0.25) is 5.91 Å². The molecule has 0 saturated carbocycles. The first-order chi connectivity index (χ1) is 21.0. The molecule has 0 atom stereocenters. The highest BCUT2D eigenvalue weighted by Crippen LogP contribution is 2.37. The van der Waals surface area contributed by atoms with E-state index in [0.29, 0.717) is 56.7 Å². The van der Waals surface area contributed by atoms with Crippen LogP contribution in [0.25, 0.3) is 10.9 Å². The van der Waals surface area contributed by atoms with Crippen molar-refractivity contribution in [1.82, 2.24) is 14.9 Å². The van der Waals surface area contributed by atoms with Crippen LogP contribution in [0, 0.1) is 11.3 Å². The molecule has 10 heteroatoms. The summed E-state index contributed by atoms with van der Waals surface area (Å²) in [5, 5.41) is 17.3. The molecule has 2 N–H and O–H groups in total. The molecule has 0 radical (unpaired) electrons. The van der Waals surface area contributed by atoms with Crippen LogP contribution in [0.15, 0.2) is 72.6 Å². The van der Waals surface area contributed by atoms with Gasteiger partial charge in [-0.2, -0.15) is 5.26 Å². The van der Waals surface area contributed by atoms with Crippen molar-refractivity contribution < 1.29 is 14.3 Å². The lowest BCUT2D eigenvalue weighted by molar-refractivity contribution is -0.112. The van der Waals surface area contributed by atoms with Gasteiger partial charge in [0.05, 0.1) is 39.8 Å². The van der Waals surface area contributed by atoms with Crippen molar-refractivity contribution in [3.05, 3.63) is 88.9 Å². The van der Waals surface area contributed by atoms with Gasteiger partial charge in [0, 0.05) is 48.7 Å². The lowest BCUT2D eigenvalue weighted by atomic mass is 10.0. The van der Waals surface area contributed by atoms with Crippen LogP contribution in [-0.2, 0) is 11.4 Å². The number of nitrogens with one attached hydrogen (secondary N) is 2. The van der Waals surface area contributed by atoms with Crippen molar-refractivity contribution in [2.24, 2.45) is 0 Å². The summed E-state index contributed by atoms with van der Waals surface area (Å²) in [6, 6.07) is 16.7. The van der Waals surface area contributed by atoms with Crippen LogP contribution >= 0.6 is 11.6 Å². The molecule has 2 aromatic carbocycles. The van der Waals surface area contributed by atoms with Crippen LogP contribution in [0.5, 0.6) is 11.5 Å². The van der Waals surface area contributed by atoms with E-state index in [2.05, 4.69) is 38.5 Å². The monoisotopic (exact) mass is 596 g/mol. The molecule has 0 unspecified atom stereocenters. The van der Waals surface area contributed by atoms with Gasteiger partial charge in [-0.25, -0.2) is 0 Å². The Morgan fingerprint density at radius 3 is 2.63 bits per heavy atom. The zero-order valence-corrected chi connectivity index (χ0v) is 24.9. The molecular weight excluding hydrogens is 564 g/mol. The van der Waals surface area contributed by atoms with Gasteiger partial charge in [-0.15, -0.1) is 0 Å². The predicted molar refractivity (Wildman–Crippen MR) is 169 cm³/mol. The molecular formula is C33H33ClN6O3. The number of hydrogen-bond acceptors (Lipinski definition) is 8. The Bertz CT molecular complexity index is 1680. The maximum absolute atomic E-state index is 13.1. The SMILES string of the molecule is CCOc1cc2ncc(C#N)c(Nc3ccc(OCc4ccccn4)c(Cl)c3)c2cc1NC(=O)C=C1CCN(CC)CC1. The minimum absolute atomic E-state index is 0.216. The highest BCUT2D eigenvalue weighted by atomic mass is 35.5. The summed E-state index contributed by atoms with van der Waals surface area (Å²) in [5.74, 6) is 0.800. The number of ether oxygens (including phenoxy) is 2. The highest BCUT2D eigenvalue weighted by Gasteiger charge is 2.17. The van der Waals surface area contributed by atoms with Crippen LogP contribution < -0.4 is 20.1 Å². The van der Waals surface area contributed by atoms with Gasteiger partial charge in [-0.3, -0.25) is 14.8 Å². The maximum atomic E-state index is 13.1. The summed E-state index contributed by atoms with van der Waals surface area (Å²) in [5.41, 5.74) is 4.55. The van der Waals surface area contributed by atoms with Crippen LogP contribution in [0.1, 0.15) is 37.9 Å². The number of benzene rings is 2. The predicted octanol–water partition coefficient (Wildman–Crippen LogP) is 6.86. The zero-order chi connectivity index (χ0) is 30.2. The summed E-state index contributed by atoms with van der Waals surface area (Å²) in [6.07, 6.45) is 6.65. The number of amides is 1. The zero-order valence-electron chi connectivity index (χ0n) is 24.2. The van der Waals surface area contributed by atoms with Crippen LogP contribution in [0.3, 0.4) is 0 Å². The fraction of sp³-hybridized carbons (Fsp3) is 0.273. The third kappa shape index (κ3) is 7.41. The number of halogens is 1. The summed E-state index contributed by atoms with van der Waals surface area (Å²) in [7, 11) is 0. The third-order valence-corrected chi connectivity index (χ3v) is 7.53. The third-order valence-electron chi connectivity index (χ3n) is 7.23. The number of carbonyl (C=O) groups is 1. The smallest absolute Gasteiger partial charge is 0.248 e. The number of pyridine rings is 2. The van der Waals surface area contributed by atoms with Gasteiger partial charge in [0.1, 0.15) is 24.2 Å². The van der Waals surface area contributed by atoms with Crippen molar-refractivity contribution in [2.45, 2.75) is 33.3 Å². The Labute approximate surface area is 256 Å². The largest absolute Gasteiger partial charge is 0.492 e. The fourth-order valence-electron chi connectivity index (χ4n) is 4.94. The number of nitriles is 1. The Morgan fingerprint density at radius 2 is 1.93 bits per heavy atom. The van der Waals surface area contributed by atoms with E-state index in [4.69, 9.17) is 21.1 Å². The van der Waals surface area contributed by atoms with Crippen LogP contribution in [0.2, 0.25) is 5.02 Å². The van der Waals surface area contributed by atoms with E-state index in [1.54, 1.807) is 36.5 Å². The highest BCUT2D eigenvalue weighted by molar-refractivity contribution is 6.32.